The summed E-state index contributed by atoms with van der Waals surface area (Å²) in [6.45, 7) is 0. The van der Waals surface area contributed by atoms with Gasteiger partial charge in [-0.05, 0) is 49.6 Å². The summed E-state index contributed by atoms with van der Waals surface area (Å²) in [6.07, 6.45) is 1.50. The molecule has 2 aromatic carbocycles. The van der Waals surface area contributed by atoms with Crippen LogP contribution in [0.15, 0.2) is 53.6 Å². The number of carboxylic acid groups (broad SMARTS) is 1. The minimum atomic E-state index is -1.05. The molecule has 1 aliphatic rings. The number of hydrogen-bond donors (Lipinski definition) is 2. The van der Waals surface area contributed by atoms with Gasteiger partial charge in [-0.1, -0.05) is 35.3 Å². The smallest absolute Gasteiger partial charge is 0.332 e. The van der Waals surface area contributed by atoms with Crippen LogP contribution in [-0.4, -0.2) is 17.0 Å². The highest BCUT2D eigenvalue weighted by Crippen LogP contribution is 2.35. The average Bonchev–Trinajstić information content (AvgIpc) is 3.09. The highest BCUT2D eigenvalue weighted by atomic mass is 35.5. The number of hydrogen-bond acceptors (Lipinski definition) is 3. The number of para-hydroxylation sites is 2. The largest absolute Gasteiger partial charge is 0.478 e. The van der Waals surface area contributed by atoms with Gasteiger partial charge in [-0.2, -0.15) is 0 Å². The van der Waals surface area contributed by atoms with E-state index in [1.54, 1.807) is 42.5 Å². The quantitative estimate of drug-likeness (QED) is 0.725. The molecule has 0 heterocycles. The first-order chi connectivity index (χ1) is 12.5. The molecule has 0 bridgehead atoms. The van der Waals surface area contributed by atoms with Crippen molar-refractivity contribution in [3.05, 3.63) is 63.7 Å². The van der Waals surface area contributed by atoms with Gasteiger partial charge < -0.3 is 15.2 Å². The normalized spacial score (nSPS) is 13.6. The van der Waals surface area contributed by atoms with E-state index in [4.69, 9.17) is 27.9 Å². The molecule has 0 saturated heterocycles. The Morgan fingerprint density at radius 3 is 2.46 bits per heavy atom. The Morgan fingerprint density at radius 2 is 1.73 bits per heavy atom. The van der Waals surface area contributed by atoms with Crippen molar-refractivity contribution in [2.24, 2.45) is 0 Å². The monoisotopic (exact) mass is 391 g/mol. The molecular formula is C19H15Cl2NO4. The van der Waals surface area contributed by atoms with Crippen molar-refractivity contribution in [2.75, 3.05) is 5.32 Å². The van der Waals surface area contributed by atoms with E-state index in [-0.39, 0.29) is 5.57 Å². The van der Waals surface area contributed by atoms with E-state index >= 15 is 0 Å². The molecule has 0 fully saturated rings. The minimum Gasteiger partial charge on any atom is -0.478 e. The summed E-state index contributed by atoms with van der Waals surface area (Å²) in [5.74, 6) is -0.701. The van der Waals surface area contributed by atoms with Gasteiger partial charge in [-0.3, -0.25) is 4.79 Å². The maximum atomic E-state index is 12.5. The number of benzene rings is 2. The second-order valence-corrected chi connectivity index (χ2v) is 6.59. The molecule has 7 heteroatoms. The number of nitrogens with one attached hydrogen (secondary N) is 1. The van der Waals surface area contributed by atoms with Crippen LogP contribution in [0.3, 0.4) is 0 Å². The molecule has 2 aromatic rings. The van der Waals surface area contributed by atoms with Gasteiger partial charge in [-0.25, -0.2) is 4.79 Å². The molecule has 26 heavy (non-hydrogen) atoms. The number of carboxylic acids is 1. The highest BCUT2D eigenvalue weighted by Gasteiger charge is 2.25. The van der Waals surface area contributed by atoms with E-state index < -0.39 is 11.9 Å². The van der Waals surface area contributed by atoms with E-state index in [9.17, 15) is 14.7 Å². The van der Waals surface area contributed by atoms with Crippen LogP contribution in [0.1, 0.15) is 19.3 Å². The maximum absolute atomic E-state index is 12.5. The summed E-state index contributed by atoms with van der Waals surface area (Å²) in [5.41, 5.74) is 0.895. The standard InChI is InChI=1S/C19H15Cl2NO4/c20-11-8-9-16(14(21)10-11)26-17-7-2-1-6-15(17)22-18(23)12-4-3-5-13(12)19(24)25/h1-2,6-10H,3-5H2,(H,22,23)(H,24,25). The van der Waals surface area contributed by atoms with Crippen LogP contribution in [0.4, 0.5) is 5.69 Å². The second kappa shape index (κ2) is 7.81. The van der Waals surface area contributed by atoms with Gasteiger partial charge >= 0.3 is 5.97 Å². The number of aliphatic carboxylic acids is 1. The van der Waals surface area contributed by atoms with Crippen molar-refractivity contribution in [1.29, 1.82) is 0 Å². The van der Waals surface area contributed by atoms with Crippen molar-refractivity contribution in [2.45, 2.75) is 19.3 Å². The zero-order chi connectivity index (χ0) is 18.7. The lowest BCUT2D eigenvalue weighted by Gasteiger charge is -2.14. The number of amides is 1. The number of anilines is 1. The topological polar surface area (TPSA) is 75.6 Å². The lowest BCUT2D eigenvalue weighted by Crippen LogP contribution is -2.16. The molecule has 0 aliphatic heterocycles. The predicted molar refractivity (Wildman–Crippen MR) is 100 cm³/mol. The highest BCUT2D eigenvalue weighted by molar-refractivity contribution is 6.35. The van der Waals surface area contributed by atoms with Gasteiger partial charge in [0, 0.05) is 16.2 Å². The molecular weight excluding hydrogens is 377 g/mol. The Hall–Kier alpha value is -2.50. The van der Waals surface area contributed by atoms with Crippen LogP contribution in [0.2, 0.25) is 10.0 Å². The first-order valence-electron chi connectivity index (χ1n) is 7.94. The van der Waals surface area contributed by atoms with Crippen molar-refractivity contribution >= 4 is 40.8 Å². The molecule has 5 nitrogen and oxygen atoms in total. The van der Waals surface area contributed by atoms with Crippen LogP contribution in [0.25, 0.3) is 0 Å². The van der Waals surface area contributed by atoms with E-state index in [2.05, 4.69) is 5.32 Å². The molecule has 0 saturated carbocycles. The minimum absolute atomic E-state index is 0.168. The van der Waals surface area contributed by atoms with Crippen molar-refractivity contribution in [3.8, 4) is 11.5 Å². The van der Waals surface area contributed by atoms with Gasteiger partial charge in [0.2, 0.25) is 0 Å². The molecule has 0 radical (unpaired) electrons. The Bertz CT molecular complexity index is 908. The number of carbonyl (C=O) groups excluding carboxylic acids is 1. The predicted octanol–water partition coefficient (Wildman–Crippen LogP) is 5.29. The SMILES string of the molecule is O=C(O)C1=C(C(=O)Nc2ccccc2Oc2ccc(Cl)cc2Cl)CCC1. The second-order valence-electron chi connectivity index (χ2n) is 5.74. The van der Waals surface area contributed by atoms with Crippen molar-refractivity contribution in [3.63, 3.8) is 0 Å². The summed E-state index contributed by atoms with van der Waals surface area (Å²) in [4.78, 5) is 23.8. The summed E-state index contributed by atoms with van der Waals surface area (Å²) < 4.78 is 5.80. The van der Waals surface area contributed by atoms with E-state index in [1.165, 1.54) is 0 Å². The Labute approximate surface area is 160 Å². The fraction of sp³-hybridized carbons (Fsp3) is 0.158. The third-order valence-corrected chi connectivity index (χ3v) is 4.53. The van der Waals surface area contributed by atoms with Crippen LogP contribution in [-0.2, 0) is 9.59 Å². The van der Waals surface area contributed by atoms with Crippen LogP contribution < -0.4 is 10.1 Å². The molecule has 2 N–H and O–H groups in total. The Morgan fingerprint density at radius 1 is 1.00 bits per heavy atom. The van der Waals surface area contributed by atoms with Gasteiger partial charge in [-0.15, -0.1) is 0 Å². The van der Waals surface area contributed by atoms with Crippen LogP contribution in [0, 0.1) is 0 Å². The van der Waals surface area contributed by atoms with E-state index in [1.807, 2.05) is 0 Å². The molecule has 0 spiro atoms. The van der Waals surface area contributed by atoms with E-state index in [0.717, 1.165) is 0 Å². The molecule has 3 rings (SSSR count). The van der Waals surface area contributed by atoms with Gasteiger partial charge in [0.15, 0.2) is 5.75 Å². The van der Waals surface area contributed by atoms with Gasteiger partial charge in [0.1, 0.15) is 5.75 Å². The first kappa shape index (κ1) is 18.3. The van der Waals surface area contributed by atoms with Crippen molar-refractivity contribution < 1.29 is 19.4 Å². The van der Waals surface area contributed by atoms with E-state index in [0.29, 0.717) is 52.1 Å². The first-order valence-corrected chi connectivity index (χ1v) is 8.70. The molecule has 0 aromatic heterocycles. The number of halogens is 2. The summed E-state index contributed by atoms with van der Waals surface area (Å²) in [6, 6.07) is 11.7. The molecule has 134 valence electrons. The van der Waals surface area contributed by atoms with Gasteiger partial charge in [0.25, 0.3) is 5.91 Å². The number of rotatable bonds is 5. The number of carbonyl (C=O) groups is 2. The van der Waals surface area contributed by atoms with Gasteiger partial charge in [0.05, 0.1) is 10.7 Å². The molecule has 1 amide bonds. The fourth-order valence-electron chi connectivity index (χ4n) is 2.76. The third kappa shape index (κ3) is 4.00. The zero-order valence-corrected chi connectivity index (χ0v) is 15.1. The third-order valence-electron chi connectivity index (χ3n) is 4.00. The maximum Gasteiger partial charge on any atom is 0.332 e. The number of ether oxygens (including phenoxy) is 1. The zero-order valence-electron chi connectivity index (χ0n) is 13.6. The lowest BCUT2D eigenvalue weighted by atomic mass is 10.1. The average molecular weight is 392 g/mol. The fourth-order valence-corrected chi connectivity index (χ4v) is 3.21. The Balaban J connectivity index is 1.85. The Kier molecular flexibility index (Phi) is 5.49. The van der Waals surface area contributed by atoms with Crippen LogP contribution in [0.5, 0.6) is 11.5 Å². The summed E-state index contributed by atoms with van der Waals surface area (Å²) in [7, 11) is 0. The molecule has 0 atom stereocenters. The molecule has 1 aliphatic carbocycles. The lowest BCUT2D eigenvalue weighted by molar-refractivity contribution is -0.133. The summed E-state index contributed by atoms with van der Waals surface area (Å²) >= 11 is 12.0. The summed E-state index contributed by atoms with van der Waals surface area (Å²) in [5, 5.41) is 12.8. The van der Waals surface area contributed by atoms with Crippen LogP contribution >= 0.6 is 23.2 Å². The van der Waals surface area contributed by atoms with Crippen molar-refractivity contribution in [1.82, 2.24) is 0 Å². The molecule has 0 unspecified atom stereocenters.